The quantitative estimate of drug-likeness (QED) is 0.625. The van der Waals surface area contributed by atoms with E-state index in [1.807, 2.05) is 6.08 Å². The van der Waals surface area contributed by atoms with Gasteiger partial charge in [-0.05, 0) is 6.42 Å². The molecule has 14 heavy (non-hydrogen) atoms. The molecule has 82 valence electrons. The van der Waals surface area contributed by atoms with Crippen LogP contribution >= 0.6 is 0 Å². The van der Waals surface area contributed by atoms with Crippen molar-refractivity contribution in [3.05, 3.63) is 12.7 Å². The van der Waals surface area contributed by atoms with Crippen LogP contribution in [0.15, 0.2) is 12.7 Å². The summed E-state index contributed by atoms with van der Waals surface area (Å²) >= 11 is 0. The maximum atomic E-state index is 8.85. The largest absolute Gasteiger partial charge is 0.395 e. The van der Waals surface area contributed by atoms with Crippen molar-refractivity contribution in [2.45, 2.75) is 12.5 Å². The minimum Gasteiger partial charge on any atom is -0.395 e. The fourth-order valence-corrected chi connectivity index (χ4v) is 1.51. The third-order valence-electron chi connectivity index (χ3n) is 2.24. The lowest BCUT2D eigenvalue weighted by Crippen LogP contribution is -2.38. The van der Waals surface area contributed by atoms with Gasteiger partial charge in [0.15, 0.2) is 0 Å². The zero-order chi connectivity index (χ0) is 10.2. The Morgan fingerprint density at radius 2 is 2.43 bits per heavy atom. The molecule has 4 heteroatoms. The highest BCUT2D eigenvalue weighted by molar-refractivity contribution is 4.76. The van der Waals surface area contributed by atoms with Gasteiger partial charge in [0.2, 0.25) is 0 Å². The maximum absolute atomic E-state index is 8.85. The number of rotatable bonds is 6. The Morgan fingerprint density at radius 3 is 3.00 bits per heavy atom. The first kappa shape index (κ1) is 11.7. The Hall–Kier alpha value is -0.420. The van der Waals surface area contributed by atoms with Crippen LogP contribution in [0.1, 0.15) is 6.42 Å². The molecule has 0 aromatic rings. The molecular formula is C10H19NO3. The summed E-state index contributed by atoms with van der Waals surface area (Å²) in [5, 5.41) is 8.85. The zero-order valence-corrected chi connectivity index (χ0v) is 8.52. The second-order valence-corrected chi connectivity index (χ2v) is 3.38. The molecule has 1 aliphatic heterocycles. The fraction of sp³-hybridized carbons (Fsp3) is 0.800. The second-order valence-electron chi connectivity index (χ2n) is 3.38. The number of hydrogen-bond acceptors (Lipinski definition) is 4. The number of ether oxygens (including phenoxy) is 2. The lowest BCUT2D eigenvalue weighted by atomic mass is 10.2. The van der Waals surface area contributed by atoms with Gasteiger partial charge in [-0.3, -0.25) is 4.90 Å². The van der Waals surface area contributed by atoms with Gasteiger partial charge in [0, 0.05) is 19.6 Å². The van der Waals surface area contributed by atoms with Crippen molar-refractivity contribution in [1.82, 2.24) is 4.90 Å². The number of nitrogens with zero attached hydrogens (tertiary/aromatic N) is 1. The Labute approximate surface area is 85.1 Å². The van der Waals surface area contributed by atoms with Crippen molar-refractivity contribution >= 4 is 0 Å². The van der Waals surface area contributed by atoms with Gasteiger partial charge in [0.05, 0.1) is 19.3 Å². The molecule has 4 nitrogen and oxygen atoms in total. The van der Waals surface area contributed by atoms with Gasteiger partial charge < -0.3 is 14.6 Å². The Bertz CT molecular complexity index is 157. The average molecular weight is 201 g/mol. The van der Waals surface area contributed by atoms with Crippen molar-refractivity contribution in [2.24, 2.45) is 0 Å². The molecule has 1 saturated heterocycles. The normalized spacial score (nSPS) is 22.6. The van der Waals surface area contributed by atoms with Crippen LogP contribution in [0.25, 0.3) is 0 Å². The van der Waals surface area contributed by atoms with Gasteiger partial charge in [0.1, 0.15) is 6.79 Å². The molecule has 0 aromatic heterocycles. The van der Waals surface area contributed by atoms with E-state index in [0.29, 0.717) is 13.3 Å². The number of aliphatic hydroxyl groups excluding tert-OH is 1. The van der Waals surface area contributed by atoms with Gasteiger partial charge in [0.25, 0.3) is 0 Å². The van der Waals surface area contributed by atoms with Gasteiger partial charge in [-0.1, -0.05) is 6.08 Å². The van der Waals surface area contributed by atoms with E-state index in [1.165, 1.54) is 0 Å². The first-order valence-electron chi connectivity index (χ1n) is 5.00. The van der Waals surface area contributed by atoms with Crippen molar-refractivity contribution in [3.63, 3.8) is 0 Å². The second kappa shape index (κ2) is 6.95. The highest BCUT2D eigenvalue weighted by Gasteiger charge is 2.16. The molecule has 0 bridgehead atoms. The summed E-state index contributed by atoms with van der Waals surface area (Å²) in [6, 6.07) is 0. The monoisotopic (exact) mass is 201 g/mol. The molecule has 1 N–H and O–H groups in total. The molecule has 0 saturated carbocycles. The smallest absolute Gasteiger partial charge is 0.147 e. The summed E-state index contributed by atoms with van der Waals surface area (Å²) in [6.07, 6.45) is 3.00. The average Bonchev–Trinajstić information content (AvgIpc) is 2.20. The molecule has 1 heterocycles. The van der Waals surface area contributed by atoms with Crippen LogP contribution in [0.3, 0.4) is 0 Å². The maximum Gasteiger partial charge on any atom is 0.147 e. The van der Waals surface area contributed by atoms with Gasteiger partial charge in [-0.2, -0.15) is 0 Å². The van der Waals surface area contributed by atoms with E-state index in [9.17, 15) is 0 Å². The Balaban J connectivity index is 2.25. The lowest BCUT2D eigenvalue weighted by Gasteiger charge is -2.28. The third kappa shape index (κ3) is 4.19. The summed E-state index contributed by atoms with van der Waals surface area (Å²) in [4.78, 5) is 2.13. The van der Waals surface area contributed by atoms with Gasteiger partial charge in [-0.25, -0.2) is 0 Å². The standard InChI is InChI=1S/C10H19NO3/c1-2-4-11(5-6-12)8-10-3-7-13-9-14-10/h2,10,12H,1,3-9H2. The highest BCUT2D eigenvalue weighted by Crippen LogP contribution is 2.07. The predicted molar refractivity (Wildman–Crippen MR) is 54.0 cm³/mol. The number of hydrogen-bond donors (Lipinski definition) is 1. The first-order valence-corrected chi connectivity index (χ1v) is 5.00. The predicted octanol–water partition coefficient (Wildman–Crippen LogP) is 0.230. The molecule has 0 aromatic carbocycles. The van der Waals surface area contributed by atoms with Crippen LogP contribution < -0.4 is 0 Å². The van der Waals surface area contributed by atoms with E-state index >= 15 is 0 Å². The highest BCUT2D eigenvalue weighted by atomic mass is 16.7. The van der Waals surface area contributed by atoms with Crippen molar-refractivity contribution in [1.29, 1.82) is 0 Å². The van der Waals surface area contributed by atoms with E-state index in [1.54, 1.807) is 0 Å². The summed E-state index contributed by atoms with van der Waals surface area (Å²) in [5.41, 5.74) is 0. The topological polar surface area (TPSA) is 41.9 Å². The summed E-state index contributed by atoms with van der Waals surface area (Å²) in [7, 11) is 0. The molecule has 1 rings (SSSR count). The summed E-state index contributed by atoms with van der Waals surface area (Å²) in [6.45, 7) is 7.34. The van der Waals surface area contributed by atoms with E-state index in [2.05, 4.69) is 11.5 Å². The third-order valence-corrected chi connectivity index (χ3v) is 2.24. The van der Waals surface area contributed by atoms with Crippen LogP contribution in [0.2, 0.25) is 0 Å². The van der Waals surface area contributed by atoms with Crippen molar-refractivity contribution in [3.8, 4) is 0 Å². The van der Waals surface area contributed by atoms with E-state index in [0.717, 1.165) is 26.1 Å². The zero-order valence-electron chi connectivity index (χ0n) is 8.52. The van der Waals surface area contributed by atoms with Crippen molar-refractivity contribution < 1.29 is 14.6 Å². The van der Waals surface area contributed by atoms with Crippen LogP contribution in [-0.2, 0) is 9.47 Å². The Kier molecular flexibility index (Phi) is 5.78. The molecule has 0 radical (unpaired) electrons. The minimum absolute atomic E-state index is 0.178. The molecule has 1 fully saturated rings. The van der Waals surface area contributed by atoms with E-state index in [4.69, 9.17) is 14.6 Å². The molecule has 1 aliphatic rings. The van der Waals surface area contributed by atoms with E-state index < -0.39 is 0 Å². The van der Waals surface area contributed by atoms with Crippen LogP contribution in [0.5, 0.6) is 0 Å². The molecule has 1 atom stereocenters. The summed E-state index contributed by atoms with van der Waals surface area (Å²) in [5.74, 6) is 0. The fourth-order valence-electron chi connectivity index (χ4n) is 1.51. The molecule has 0 aliphatic carbocycles. The van der Waals surface area contributed by atoms with Gasteiger partial charge >= 0.3 is 0 Å². The van der Waals surface area contributed by atoms with Crippen LogP contribution in [0.4, 0.5) is 0 Å². The summed E-state index contributed by atoms with van der Waals surface area (Å²) < 4.78 is 10.5. The molecule has 0 amide bonds. The Morgan fingerprint density at radius 1 is 1.57 bits per heavy atom. The SMILES string of the molecule is C=CCN(CCO)CC1CCOCO1. The molecule has 1 unspecified atom stereocenters. The molecular weight excluding hydrogens is 182 g/mol. The van der Waals surface area contributed by atoms with Crippen LogP contribution in [-0.4, -0.2) is 55.8 Å². The van der Waals surface area contributed by atoms with Gasteiger partial charge in [-0.15, -0.1) is 6.58 Å². The minimum atomic E-state index is 0.178. The van der Waals surface area contributed by atoms with E-state index in [-0.39, 0.29) is 12.7 Å². The first-order chi connectivity index (χ1) is 6.86. The van der Waals surface area contributed by atoms with Crippen LogP contribution in [0, 0.1) is 0 Å². The van der Waals surface area contributed by atoms with Crippen molar-refractivity contribution in [2.75, 3.05) is 39.6 Å². The molecule has 0 spiro atoms. The number of aliphatic hydroxyl groups is 1. The lowest BCUT2D eigenvalue weighted by molar-refractivity contribution is -0.144.